The van der Waals surface area contributed by atoms with Crippen LogP contribution in [0.1, 0.15) is 11.1 Å². The van der Waals surface area contributed by atoms with Gasteiger partial charge in [-0.15, -0.1) is 0 Å². The largest absolute Gasteiger partial charge is 0.398 e. The second-order valence-corrected chi connectivity index (χ2v) is 6.06. The van der Waals surface area contributed by atoms with Gasteiger partial charge in [0.15, 0.2) is 0 Å². The van der Waals surface area contributed by atoms with E-state index in [0.717, 1.165) is 15.1 Å². The molecule has 0 saturated carbocycles. The van der Waals surface area contributed by atoms with Crippen molar-refractivity contribution in [2.45, 2.75) is 23.6 Å². The SMILES string of the molecule is Cc1cc(N)c(Sc2cccc(Br)c2)cc1C. The van der Waals surface area contributed by atoms with E-state index in [1.807, 2.05) is 18.2 Å². The number of nitrogen functional groups attached to an aromatic ring is 1. The zero-order valence-electron chi connectivity index (χ0n) is 9.83. The summed E-state index contributed by atoms with van der Waals surface area (Å²) in [6.45, 7) is 4.19. The van der Waals surface area contributed by atoms with Gasteiger partial charge in [-0.1, -0.05) is 33.8 Å². The topological polar surface area (TPSA) is 26.0 Å². The Hall–Kier alpha value is -0.930. The lowest BCUT2D eigenvalue weighted by atomic mass is 10.1. The first-order chi connectivity index (χ1) is 8.06. The maximum absolute atomic E-state index is 6.04. The molecule has 0 aliphatic heterocycles. The van der Waals surface area contributed by atoms with Gasteiger partial charge in [0.05, 0.1) is 0 Å². The standard InChI is InChI=1S/C14H14BrNS/c1-9-6-13(16)14(7-10(9)2)17-12-5-3-4-11(15)8-12/h3-8H,16H2,1-2H3. The molecule has 0 radical (unpaired) electrons. The number of benzene rings is 2. The molecule has 2 aromatic carbocycles. The molecule has 0 fully saturated rings. The zero-order chi connectivity index (χ0) is 12.4. The Kier molecular flexibility index (Phi) is 3.79. The monoisotopic (exact) mass is 307 g/mol. The third-order valence-corrected chi connectivity index (χ3v) is 4.21. The first-order valence-corrected chi connectivity index (χ1v) is 6.97. The van der Waals surface area contributed by atoms with Crippen molar-refractivity contribution in [3.63, 3.8) is 0 Å². The second-order valence-electron chi connectivity index (χ2n) is 4.03. The molecule has 0 aromatic heterocycles. The van der Waals surface area contributed by atoms with E-state index in [1.54, 1.807) is 11.8 Å². The van der Waals surface area contributed by atoms with Crippen molar-refractivity contribution < 1.29 is 0 Å². The van der Waals surface area contributed by atoms with Crippen molar-refractivity contribution in [3.05, 3.63) is 52.0 Å². The molecule has 0 aliphatic carbocycles. The van der Waals surface area contributed by atoms with Gasteiger partial charge in [-0.3, -0.25) is 0 Å². The highest BCUT2D eigenvalue weighted by molar-refractivity contribution is 9.10. The van der Waals surface area contributed by atoms with Crippen LogP contribution in [0.25, 0.3) is 0 Å². The van der Waals surface area contributed by atoms with Crippen molar-refractivity contribution >= 4 is 33.4 Å². The van der Waals surface area contributed by atoms with Gasteiger partial charge < -0.3 is 5.73 Å². The normalized spacial score (nSPS) is 10.5. The number of hydrogen-bond acceptors (Lipinski definition) is 2. The summed E-state index contributed by atoms with van der Waals surface area (Å²) in [4.78, 5) is 2.31. The number of halogens is 1. The number of nitrogens with two attached hydrogens (primary N) is 1. The minimum atomic E-state index is 0.845. The number of hydrogen-bond donors (Lipinski definition) is 1. The molecule has 2 aromatic rings. The van der Waals surface area contributed by atoms with E-state index < -0.39 is 0 Å². The lowest BCUT2D eigenvalue weighted by Gasteiger charge is -2.09. The smallest absolute Gasteiger partial charge is 0.0458 e. The van der Waals surface area contributed by atoms with Crippen LogP contribution in [0.4, 0.5) is 5.69 Å². The Morgan fingerprint density at radius 3 is 2.47 bits per heavy atom. The number of aryl methyl sites for hydroxylation is 2. The van der Waals surface area contributed by atoms with E-state index in [1.165, 1.54) is 16.0 Å². The van der Waals surface area contributed by atoms with Gasteiger partial charge in [0, 0.05) is 20.0 Å². The van der Waals surface area contributed by atoms with Crippen LogP contribution < -0.4 is 5.73 Å². The average Bonchev–Trinajstić information content (AvgIpc) is 2.26. The number of rotatable bonds is 2. The highest BCUT2D eigenvalue weighted by Gasteiger charge is 2.05. The molecule has 0 unspecified atom stereocenters. The fourth-order valence-electron chi connectivity index (χ4n) is 1.56. The van der Waals surface area contributed by atoms with Crippen LogP contribution in [0.2, 0.25) is 0 Å². The summed E-state index contributed by atoms with van der Waals surface area (Å²) in [6, 6.07) is 12.4. The van der Waals surface area contributed by atoms with Crippen molar-refractivity contribution in [1.82, 2.24) is 0 Å². The predicted molar refractivity (Wildman–Crippen MR) is 78.6 cm³/mol. The van der Waals surface area contributed by atoms with E-state index >= 15 is 0 Å². The quantitative estimate of drug-likeness (QED) is 0.807. The van der Waals surface area contributed by atoms with Crippen LogP contribution in [0.5, 0.6) is 0 Å². The summed E-state index contributed by atoms with van der Waals surface area (Å²) in [6.07, 6.45) is 0. The number of anilines is 1. The first-order valence-electron chi connectivity index (χ1n) is 5.36. The Morgan fingerprint density at radius 1 is 1.06 bits per heavy atom. The minimum Gasteiger partial charge on any atom is -0.398 e. The van der Waals surface area contributed by atoms with Crippen LogP contribution in [0.15, 0.2) is 50.7 Å². The van der Waals surface area contributed by atoms with Crippen LogP contribution in [-0.2, 0) is 0 Å². The summed E-state index contributed by atoms with van der Waals surface area (Å²) >= 11 is 5.17. The van der Waals surface area contributed by atoms with Gasteiger partial charge in [0.25, 0.3) is 0 Å². The molecular weight excluding hydrogens is 294 g/mol. The molecule has 0 bridgehead atoms. The molecule has 17 heavy (non-hydrogen) atoms. The second kappa shape index (κ2) is 5.15. The van der Waals surface area contributed by atoms with Crippen molar-refractivity contribution in [1.29, 1.82) is 0 Å². The van der Waals surface area contributed by atoms with Crippen molar-refractivity contribution in [3.8, 4) is 0 Å². The van der Waals surface area contributed by atoms with E-state index in [-0.39, 0.29) is 0 Å². The third-order valence-electron chi connectivity index (χ3n) is 2.65. The van der Waals surface area contributed by atoms with Crippen LogP contribution >= 0.6 is 27.7 Å². The van der Waals surface area contributed by atoms with Gasteiger partial charge in [-0.2, -0.15) is 0 Å². The summed E-state index contributed by atoms with van der Waals surface area (Å²) in [5.74, 6) is 0. The molecule has 1 nitrogen and oxygen atoms in total. The van der Waals surface area contributed by atoms with Crippen LogP contribution in [0, 0.1) is 13.8 Å². The Balaban J connectivity index is 2.33. The predicted octanol–water partition coefficient (Wildman–Crippen LogP) is 4.80. The molecule has 88 valence electrons. The van der Waals surface area contributed by atoms with Gasteiger partial charge >= 0.3 is 0 Å². The van der Waals surface area contributed by atoms with Gasteiger partial charge in [-0.05, 0) is 55.3 Å². The summed E-state index contributed by atoms with van der Waals surface area (Å²) in [5, 5.41) is 0. The van der Waals surface area contributed by atoms with E-state index in [4.69, 9.17) is 5.73 Å². The average molecular weight is 308 g/mol. The highest BCUT2D eigenvalue weighted by atomic mass is 79.9. The molecule has 3 heteroatoms. The van der Waals surface area contributed by atoms with Crippen molar-refractivity contribution in [2.24, 2.45) is 0 Å². The molecule has 0 heterocycles. The minimum absolute atomic E-state index is 0.845. The highest BCUT2D eigenvalue weighted by Crippen LogP contribution is 2.34. The fourth-order valence-corrected chi connectivity index (χ4v) is 3.11. The summed E-state index contributed by atoms with van der Waals surface area (Å²) in [5.41, 5.74) is 9.40. The van der Waals surface area contributed by atoms with E-state index in [0.29, 0.717) is 0 Å². The molecule has 2 rings (SSSR count). The molecule has 2 N–H and O–H groups in total. The lowest BCUT2D eigenvalue weighted by Crippen LogP contribution is -1.92. The molecule has 0 atom stereocenters. The third kappa shape index (κ3) is 3.05. The molecular formula is C14H14BrNS. The molecule has 0 amide bonds. The van der Waals surface area contributed by atoms with E-state index in [9.17, 15) is 0 Å². The first kappa shape index (κ1) is 12.5. The van der Waals surface area contributed by atoms with Gasteiger partial charge in [-0.25, -0.2) is 0 Å². The Labute approximate surface area is 115 Å². The maximum Gasteiger partial charge on any atom is 0.0458 e. The Morgan fingerprint density at radius 2 is 1.76 bits per heavy atom. The molecule has 0 aliphatic rings. The molecule has 0 spiro atoms. The lowest BCUT2D eigenvalue weighted by molar-refractivity contribution is 1.28. The van der Waals surface area contributed by atoms with Crippen molar-refractivity contribution in [2.75, 3.05) is 5.73 Å². The zero-order valence-corrected chi connectivity index (χ0v) is 12.2. The maximum atomic E-state index is 6.04. The van der Waals surface area contributed by atoms with Gasteiger partial charge in [0.1, 0.15) is 0 Å². The molecule has 0 saturated heterocycles. The van der Waals surface area contributed by atoms with Crippen LogP contribution in [0.3, 0.4) is 0 Å². The summed E-state index contributed by atoms with van der Waals surface area (Å²) < 4.78 is 1.09. The Bertz CT molecular complexity index is 552. The van der Waals surface area contributed by atoms with E-state index in [2.05, 4.69) is 48.0 Å². The van der Waals surface area contributed by atoms with Gasteiger partial charge in [0.2, 0.25) is 0 Å². The van der Waals surface area contributed by atoms with Crippen LogP contribution in [-0.4, -0.2) is 0 Å². The summed E-state index contributed by atoms with van der Waals surface area (Å²) in [7, 11) is 0. The fraction of sp³-hybridized carbons (Fsp3) is 0.143.